The number of rotatable bonds is 7. The van der Waals surface area contributed by atoms with Crippen molar-refractivity contribution in [2.24, 2.45) is 5.92 Å². The summed E-state index contributed by atoms with van der Waals surface area (Å²) in [5, 5.41) is 6.37. The Morgan fingerprint density at radius 1 is 1.14 bits per heavy atom. The molecule has 3 amide bonds. The van der Waals surface area contributed by atoms with Gasteiger partial charge in [-0.05, 0) is 67.5 Å². The standard InChI is InChI=1S/C27H31N5O4/c1-17-13-24(33)30-21-7-6-19(14-20(17)21)16-25(34)32-11-8-18(9-12-32)15-23(26(35)28-2)31-27(36)22-5-3-4-10-29-22/h3-7,10,13-14,18,23H,8-9,11-12,15-16H2,1-2H3,(H,28,35)(H,30,33)(H,31,36)/t23-/m0/s1. The van der Waals surface area contributed by atoms with Gasteiger partial charge in [0.05, 0.1) is 6.42 Å². The molecule has 0 radical (unpaired) electrons. The number of likely N-dealkylation sites (N-methyl/N-ethyl adjacent to an activating group) is 1. The SMILES string of the molecule is CNC(=O)[C@H](CC1CCN(C(=O)Cc2ccc3[nH]c(=O)cc(C)c3c2)CC1)NC(=O)c1ccccn1. The van der Waals surface area contributed by atoms with Crippen LogP contribution in [0.15, 0.2) is 53.5 Å². The summed E-state index contributed by atoms with van der Waals surface area (Å²) in [5.41, 5.74) is 2.67. The van der Waals surface area contributed by atoms with E-state index in [1.54, 1.807) is 31.3 Å². The zero-order valence-electron chi connectivity index (χ0n) is 20.5. The van der Waals surface area contributed by atoms with E-state index in [9.17, 15) is 19.2 Å². The number of H-pyrrole nitrogens is 1. The van der Waals surface area contributed by atoms with E-state index in [4.69, 9.17) is 0 Å². The maximum absolute atomic E-state index is 13.0. The van der Waals surface area contributed by atoms with Gasteiger partial charge in [-0.15, -0.1) is 0 Å². The number of pyridine rings is 2. The summed E-state index contributed by atoms with van der Waals surface area (Å²) in [5.74, 6) is -0.362. The lowest BCUT2D eigenvalue weighted by molar-refractivity contribution is -0.132. The molecule has 3 N–H and O–H groups in total. The third-order valence-corrected chi connectivity index (χ3v) is 6.77. The number of hydrogen-bond donors (Lipinski definition) is 3. The Kier molecular flexibility index (Phi) is 7.77. The first-order valence-corrected chi connectivity index (χ1v) is 12.2. The smallest absolute Gasteiger partial charge is 0.270 e. The third-order valence-electron chi connectivity index (χ3n) is 6.77. The molecule has 1 aromatic carbocycles. The third kappa shape index (κ3) is 5.97. The molecule has 4 rings (SSSR count). The molecule has 3 aromatic rings. The number of nitrogens with one attached hydrogen (secondary N) is 3. The van der Waals surface area contributed by atoms with E-state index in [0.29, 0.717) is 25.9 Å². The van der Waals surface area contributed by atoms with Gasteiger partial charge in [-0.3, -0.25) is 24.2 Å². The number of likely N-dealkylation sites (tertiary alicyclic amines) is 1. The molecule has 1 saturated heterocycles. The lowest BCUT2D eigenvalue weighted by Crippen LogP contribution is -2.48. The van der Waals surface area contributed by atoms with E-state index in [1.165, 1.54) is 6.20 Å². The van der Waals surface area contributed by atoms with Crippen LogP contribution in [0.1, 0.15) is 40.9 Å². The molecule has 0 bridgehead atoms. The zero-order chi connectivity index (χ0) is 25.7. The van der Waals surface area contributed by atoms with Crippen LogP contribution in [0.25, 0.3) is 10.9 Å². The largest absolute Gasteiger partial charge is 0.357 e. The van der Waals surface area contributed by atoms with E-state index >= 15 is 0 Å². The maximum Gasteiger partial charge on any atom is 0.270 e. The van der Waals surface area contributed by atoms with Crippen LogP contribution in [0.3, 0.4) is 0 Å². The molecular weight excluding hydrogens is 458 g/mol. The van der Waals surface area contributed by atoms with Gasteiger partial charge in [0.1, 0.15) is 11.7 Å². The van der Waals surface area contributed by atoms with Crippen molar-refractivity contribution >= 4 is 28.6 Å². The first-order chi connectivity index (χ1) is 17.3. The topological polar surface area (TPSA) is 124 Å². The van der Waals surface area contributed by atoms with Crippen LogP contribution in [-0.2, 0) is 16.0 Å². The van der Waals surface area contributed by atoms with Crippen molar-refractivity contribution in [3.05, 3.63) is 75.8 Å². The van der Waals surface area contributed by atoms with E-state index < -0.39 is 6.04 Å². The highest BCUT2D eigenvalue weighted by atomic mass is 16.2. The quantitative estimate of drug-likeness (QED) is 0.468. The zero-order valence-corrected chi connectivity index (χ0v) is 20.5. The molecule has 1 aliphatic rings. The summed E-state index contributed by atoms with van der Waals surface area (Å²) in [6.45, 7) is 3.11. The second-order valence-electron chi connectivity index (χ2n) is 9.29. The van der Waals surface area contributed by atoms with E-state index in [0.717, 1.165) is 34.9 Å². The van der Waals surface area contributed by atoms with E-state index in [-0.39, 0.29) is 34.9 Å². The Balaban J connectivity index is 1.33. The molecule has 1 aliphatic heterocycles. The molecule has 2 aromatic heterocycles. The van der Waals surface area contributed by atoms with Gasteiger partial charge in [0.15, 0.2) is 0 Å². The van der Waals surface area contributed by atoms with Crippen LogP contribution in [0.4, 0.5) is 0 Å². The van der Waals surface area contributed by atoms with Crippen LogP contribution in [-0.4, -0.2) is 58.8 Å². The Labute approximate surface area is 209 Å². The highest BCUT2D eigenvalue weighted by molar-refractivity contribution is 5.96. The van der Waals surface area contributed by atoms with Crippen molar-refractivity contribution in [2.75, 3.05) is 20.1 Å². The molecule has 0 spiro atoms. The number of nitrogens with zero attached hydrogens (tertiary/aromatic N) is 2. The first kappa shape index (κ1) is 25.1. The molecule has 9 nitrogen and oxygen atoms in total. The van der Waals surface area contributed by atoms with Gasteiger partial charge in [-0.25, -0.2) is 0 Å². The van der Waals surface area contributed by atoms with Crippen molar-refractivity contribution in [2.45, 2.75) is 38.6 Å². The van der Waals surface area contributed by atoms with Crippen molar-refractivity contribution in [3.8, 4) is 0 Å². The molecule has 0 aliphatic carbocycles. The molecule has 0 saturated carbocycles. The van der Waals surface area contributed by atoms with Crippen LogP contribution < -0.4 is 16.2 Å². The summed E-state index contributed by atoms with van der Waals surface area (Å²) in [6, 6.07) is 11.6. The number of carbonyl (C=O) groups excluding carboxylic acids is 3. The van der Waals surface area contributed by atoms with Gasteiger partial charge in [0.2, 0.25) is 17.4 Å². The molecule has 3 heterocycles. The summed E-state index contributed by atoms with van der Waals surface area (Å²) in [6.07, 6.45) is 3.85. The summed E-state index contributed by atoms with van der Waals surface area (Å²) in [4.78, 5) is 58.3. The number of fused-ring (bicyclic) bond motifs is 1. The highest BCUT2D eigenvalue weighted by Crippen LogP contribution is 2.24. The minimum absolute atomic E-state index is 0.0567. The van der Waals surface area contributed by atoms with Crippen LogP contribution >= 0.6 is 0 Å². The fourth-order valence-electron chi connectivity index (χ4n) is 4.75. The van der Waals surface area contributed by atoms with Crippen molar-refractivity contribution in [1.29, 1.82) is 0 Å². The Morgan fingerprint density at radius 3 is 2.61 bits per heavy atom. The summed E-state index contributed by atoms with van der Waals surface area (Å²) in [7, 11) is 1.55. The molecule has 1 fully saturated rings. The minimum Gasteiger partial charge on any atom is -0.357 e. The van der Waals surface area contributed by atoms with Crippen molar-refractivity contribution < 1.29 is 14.4 Å². The average Bonchev–Trinajstić information content (AvgIpc) is 2.89. The fraction of sp³-hybridized carbons (Fsp3) is 0.370. The van der Waals surface area contributed by atoms with Gasteiger partial charge in [-0.2, -0.15) is 0 Å². The molecule has 0 unspecified atom stereocenters. The van der Waals surface area contributed by atoms with Crippen LogP contribution in [0, 0.1) is 12.8 Å². The number of piperidine rings is 1. The van der Waals surface area contributed by atoms with Gasteiger partial charge in [-0.1, -0.05) is 12.1 Å². The summed E-state index contributed by atoms with van der Waals surface area (Å²) >= 11 is 0. The molecule has 9 heteroatoms. The average molecular weight is 490 g/mol. The highest BCUT2D eigenvalue weighted by Gasteiger charge is 2.29. The minimum atomic E-state index is -0.663. The number of hydrogen-bond acceptors (Lipinski definition) is 5. The van der Waals surface area contributed by atoms with E-state index in [2.05, 4.69) is 20.6 Å². The predicted octanol–water partition coefficient (Wildman–Crippen LogP) is 1.95. The number of benzene rings is 1. The lowest BCUT2D eigenvalue weighted by Gasteiger charge is -2.33. The number of aryl methyl sites for hydroxylation is 1. The number of aromatic amines is 1. The molecule has 188 valence electrons. The predicted molar refractivity (Wildman–Crippen MR) is 136 cm³/mol. The van der Waals surface area contributed by atoms with E-state index in [1.807, 2.05) is 30.0 Å². The van der Waals surface area contributed by atoms with Crippen molar-refractivity contribution in [1.82, 2.24) is 25.5 Å². The van der Waals surface area contributed by atoms with Gasteiger partial charge >= 0.3 is 0 Å². The first-order valence-electron chi connectivity index (χ1n) is 12.2. The number of carbonyl (C=O) groups is 3. The molecule has 1 atom stereocenters. The second kappa shape index (κ2) is 11.2. The number of amides is 3. The fourth-order valence-corrected chi connectivity index (χ4v) is 4.75. The van der Waals surface area contributed by atoms with Gasteiger partial charge < -0.3 is 20.5 Å². The molecule has 36 heavy (non-hydrogen) atoms. The second-order valence-corrected chi connectivity index (χ2v) is 9.29. The Morgan fingerprint density at radius 2 is 1.92 bits per heavy atom. The lowest BCUT2D eigenvalue weighted by atomic mass is 9.89. The molecular formula is C27H31N5O4. The van der Waals surface area contributed by atoms with Gasteiger partial charge in [0.25, 0.3) is 5.91 Å². The summed E-state index contributed by atoms with van der Waals surface area (Å²) < 4.78 is 0. The Bertz CT molecular complexity index is 1310. The maximum atomic E-state index is 13.0. The monoisotopic (exact) mass is 489 g/mol. The van der Waals surface area contributed by atoms with Gasteiger partial charge in [0, 0.05) is 43.3 Å². The van der Waals surface area contributed by atoms with Crippen LogP contribution in [0.5, 0.6) is 0 Å². The normalized spacial score (nSPS) is 14.9. The van der Waals surface area contributed by atoms with Crippen molar-refractivity contribution in [3.63, 3.8) is 0 Å². The Hall–Kier alpha value is -4.01. The van der Waals surface area contributed by atoms with Crippen LogP contribution in [0.2, 0.25) is 0 Å². The number of aromatic nitrogens is 2.